The van der Waals surface area contributed by atoms with Crippen LogP contribution in [0.1, 0.15) is 52.7 Å². The molecule has 0 amide bonds. The smallest absolute Gasteiger partial charge is 0.258 e. The van der Waals surface area contributed by atoms with Crippen LogP contribution in [0.5, 0.6) is 0 Å². The van der Waals surface area contributed by atoms with E-state index in [4.69, 9.17) is 10.1 Å². The van der Waals surface area contributed by atoms with Crippen molar-refractivity contribution >= 4 is 22.7 Å². The maximum absolute atomic E-state index is 11.0. The van der Waals surface area contributed by atoms with Crippen LogP contribution in [0.2, 0.25) is 0 Å². The zero-order chi connectivity index (χ0) is 22.8. The van der Waals surface area contributed by atoms with Crippen LogP contribution in [0.4, 0.5) is 5.69 Å². The average molecular weight is 437 g/mol. The fourth-order valence-electron chi connectivity index (χ4n) is 3.08. The van der Waals surface area contributed by atoms with Crippen LogP contribution in [0.3, 0.4) is 0 Å². The minimum Gasteiger partial charge on any atom is -0.258 e. The summed E-state index contributed by atoms with van der Waals surface area (Å²) in [6.07, 6.45) is 0. The van der Waals surface area contributed by atoms with Crippen molar-refractivity contribution in [3.8, 4) is 11.3 Å². The zero-order valence-electron chi connectivity index (χ0n) is 18.8. The van der Waals surface area contributed by atoms with Crippen LogP contribution in [-0.2, 0) is 5.41 Å². The van der Waals surface area contributed by atoms with E-state index in [1.807, 2.05) is 30.8 Å². The van der Waals surface area contributed by atoms with Gasteiger partial charge in [-0.1, -0.05) is 45.0 Å². The topological polar surface area (TPSA) is 72.8 Å². The van der Waals surface area contributed by atoms with E-state index in [1.54, 1.807) is 12.1 Å². The van der Waals surface area contributed by atoms with Gasteiger partial charge in [-0.05, 0) is 49.4 Å². The molecular formula is C24H28N4O2S. The molecule has 6 nitrogen and oxygen atoms in total. The highest BCUT2D eigenvalue weighted by Gasteiger charge is 2.14. The first kappa shape index (κ1) is 22.6. The summed E-state index contributed by atoms with van der Waals surface area (Å²) in [5.74, 6) is 0. The van der Waals surface area contributed by atoms with Gasteiger partial charge in [-0.2, -0.15) is 5.10 Å². The van der Waals surface area contributed by atoms with E-state index < -0.39 is 4.92 Å². The van der Waals surface area contributed by atoms with Gasteiger partial charge in [-0.3, -0.25) is 15.1 Å². The van der Waals surface area contributed by atoms with Gasteiger partial charge in [0.15, 0.2) is 0 Å². The molecule has 0 saturated carbocycles. The number of hydrogen-bond donors (Lipinski definition) is 0. The second-order valence-electron chi connectivity index (χ2n) is 8.75. The number of hydrogen-bond acceptors (Lipinski definition) is 5. The molecule has 2 aromatic carbocycles. The van der Waals surface area contributed by atoms with Crippen LogP contribution < -0.4 is 4.80 Å². The summed E-state index contributed by atoms with van der Waals surface area (Å²) in [5.41, 5.74) is 5.05. The molecule has 0 aliphatic heterocycles. The number of nitro groups is 1. The Bertz CT molecular complexity index is 1160. The molecule has 0 bridgehead atoms. The third kappa shape index (κ3) is 5.35. The lowest BCUT2D eigenvalue weighted by Crippen LogP contribution is -2.16. The van der Waals surface area contributed by atoms with E-state index in [2.05, 4.69) is 45.0 Å². The van der Waals surface area contributed by atoms with Crippen molar-refractivity contribution in [1.29, 1.82) is 0 Å². The van der Waals surface area contributed by atoms with Gasteiger partial charge >= 0.3 is 0 Å². The summed E-state index contributed by atoms with van der Waals surface area (Å²) in [5, 5.41) is 17.9. The Morgan fingerprint density at radius 1 is 1.06 bits per heavy atom. The predicted octanol–water partition coefficient (Wildman–Crippen LogP) is 6.00. The lowest BCUT2D eigenvalue weighted by atomic mass is 9.86. The molecule has 3 aromatic rings. The Balaban J connectivity index is 2.08. The lowest BCUT2D eigenvalue weighted by molar-refractivity contribution is -0.384. The molecule has 0 aliphatic rings. The minimum atomic E-state index is -0.394. The van der Waals surface area contributed by atoms with Crippen molar-refractivity contribution in [1.82, 2.24) is 4.68 Å². The molecule has 31 heavy (non-hydrogen) atoms. The van der Waals surface area contributed by atoms with Crippen LogP contribution in [0.15, 0.2) is 64.0 Å². The molecule has 1 heterocycles. The summed E-state index contributed by atoms with van der Waals surface area (Å²) < 4.78 is 1.83. The van der Waals surface area contributed by atoms with Crippen LogP contribution in [0.25, 0.3) is 11.3 Å². The predicted molar refractivity (Wildman–Crippen MR) is 128 cm³/mol. The van der Waals surface area contributed by atoms with E-state index >= 15 is 0 Å². The maximum atomic E-state index is 11.0. The quantitative estimate of drug-likeness (QED) is 0.279. The maximum Gasteiger partial charge on any atom is 0.269 e. The number of non-ortho nitro benzene ring substituents is 1. The second kappa shape index (κ2) is 8.98. The normalized spacial score (nSPS) is 13.1. The van der Waals surface area contributed by atoms with Gasteiger partial charge in [0.2, 0.25) is 4.80 Å². The molecule has 0 atom stereocenters. The Morgan fingerprint density at radius 2 is 1.68 bits per heavy atom. The second-order valence-corrected chi connectivity index (χ2v) is 9.59. The van der Waals surface area contributed by atoms with Gasteiger partial charge in [0.05, 0.1) is 16.3 Å². The molecule has 0 spiro atoms. The van der Waals surface area contributed by atoms with E-state index in [0.29, 0.717) is 0 Å². The Hall–Kier alpha value is -3.06. The highest BCUT2D eigenvalue weighted by atomic mass is 32.1. The average Bonchev–Trinajstić information content (AvgIpc) is 3.09. The summed E-state index contributed by atoms with van der Waals surface area (Å²) in [7, 11) is 0. The molecule has 0 N–H and O–H groups in total. The molecule has 0 radical (unpaired) electrons. The first-order chi connectivity index (χ1) is 14.6. The van der Waals surface area contributed by atoms with Crippen molar-refractivity contribution in [3.63, 3.8) is 0 Å². The third-order valence-electron chi connectivity index (χ3n) is 4.85. The summed E-state index contributed by atoms with van der Waals surface area (Å²) in [6.45, 7) is 12.6. The van der Waals surface area contributed by atoms with Gasteiger partial charge in [0.1, 0.15) is 0 Å². The molecule has 3 rings (SSSR count). The number of aromatic nitrogens is 1. The SMILES string of the molecule is CC(=Nn1c(-c2ccc([N+](=O)[O-])cc2)csc1=NC(C)C)c1ccc(C(C)(C)C)cc1. The molecule has 7 heteroatoms. The molecule has 0 saturated heterocycles. The fraction of sp³-hybridized carbons (Fsp3) is 0.333. The fourth-order valence-corrected chi connectivity index (χ4v) is 4.04. The Labute approximate surface area is 186 Å². The molecular weight excluding hydrogens is 408 g/mol. The van der Waals surface area contributed by atoms with E-state index in [1.165, 1.54) is 29.0 Å². The lowest BCUT2D eigenvalue weighted by Gasteiger charge is -2.19. The molecule has 1 aromatic heterocycles. The Morgan fingerprint density at radius 3 is 2.19 bits per heavy atom. The van der Waals surface area contributed by atoms with Gasteiger partial charge in [0.25, 0.3) is 5.69 Å². The molecule has 0 unspecified atom stereocenters. The van der Waals surface area contributed by atoms with E-state index in [-0.39, 0.29) is 17.1 Å². The first-order valence-electron chi connectivity index (χ1n) is 10.2. The monoisotopic (exact) mass is 436 g/mol. The van der Waals surface area contributed by atoms with Crippen molar-refractivity contribution in [2.24, 2.45) is 10.1 Å². The van der Waals surface area contributed by atoms with Crippen LogP contribution in [-0.4, -0.2) is 21.4 Å². The van der Waals surface area contributed by atoms with Gasteiger partial charge < -0.3 is 0 Å². The van der Waals surface area contributed by atoms with E-state index in [9.17, 15) is 10.1 Å². The van der Waals surface area contributed by atoms with Crippen LogP contribution in [0, 0.1) is 10.1 Å². The summed E-state index contributed by atoms with van der Waals surface area (Å²) in [4.78, 5) is 16.1. The Kier molecular flexibility index (Phi) is 6.55. The summed E-state index contributed by atoms with van der Waals surface area (Å²) in [6, 6.07) is 15.1. The van der Waals surface area contributed by atoms with Crippen molar-refractivity contribution in [2.45, 2.75) is 53.0 Å². The van der Waals surface area contributed by atoms with E-state index in [0.717, 1.165) is 27.3 Å². The minimum absolute atomic E-state index is 0.0660. The van der Waals surface area contributed by atoms with Gasteiger partial charge in [-0.15, -0.1) is 11.3 Å². The number of benzene rings is 2. The standard InChI is InChI=1S/C24H28N4O2S/c1-16(2)25-23-27(22(15-31-23)19-9-13-21(14-10-19)28(29)30)26-17(3)18-7-11-20(12-8-18)24(4,5)6/h7-16H,1-6H3. The van der Waals surface area contributed by atoms with Crippen molar-refractivity contribution in [3.05, 3.63) is 80.0 Å². The zero-order valence-corrected chi connectivity index (χ0v) is 19.6. The highest BCUT2D eigenvalue weighted by molar-refractivity contribution is 7.07. The number of rotatable bonds is 5. The van der Waals surface area contributed by atoms with Crippen LogP contribution >= 0.6 is 11.3 Å². The first-order valence-corrected chi connectivity index (χ1v) is 11.1. The molecule has 0 aliphatic carbocycles. The van der Waals surface area contributed by atoms with Gasteiger partial charge in [0, 0.05) is 29.1 Å². The summed E-state index contributed by atoms with van der Waals surface area (Å²) >= 11 is 1.51. The number of thiazole rings is 1. The molecule has 162 valence electrons. The van der Waals surface area contributed by atoms with Crippen molar-refractivity contribution in [2.75, 3.05) is 0 Å². The largest absolute Gasteiger partial charge is 0.269 e. The number of nitro benzene ring substituents is 1. The third-order valence-corrected chi connectivity index (χ3v) is 5.68. The number of nitrogens with zero attached hydrogens (tertiary/aromatic N) is 4. The highest BCUT2D eigenvalue weighted by Crippen LogP contribution is 2.24. The van der Waals surface area contributed by atoms with Gasteiger partial charge in [-0.25, -0.2) is 4.68 Å². The van der Waals surface area contributed by atoms with Crippen molar-refractivity contribution < 1.29 is 4.92 Å². The molecule has 0 fully saturated rings.